The Morgan fingerprint density at radius 3 is 2.35 bits per heavy atom. The first-order valence-electron chi connectivity index (χ1n) is 10.4. The predicted molar refractivity (Wildman–Crippen MR) is 135 cm³/mol. The van der Waals surface area contributed by atoms with Crippen LogP contribution in [0.15, 0.2) is 70.7 Å². The molecule has 12 heteroatoms. The number of halogens is 6. The number of anilines is 1. The number of carbonyl (C=O) groups excluding carboxylic acids is 3. The van der Waals surface area contributed by atoms with Crippen molar-refractivity contribution in [1.82, 2.24) is 5.32 Å². The van der Waals surface area contributed by atoms with Gasteiger partial charge < -0.3 is 4.74 Å². The van der Waals surface area contributed by atoms with E-state index < -0.39 is 40.8 Å². The summed E-state index contributed by atoms with van der Waals surface area (Å²) in [5, 5.41) is 2.23. The Morgan fingerprint density at radius 2 is 1.68 bits per heavy atom. The summed E-state index contributed by atoms with van der Waals surface area (Å²) in [5.41, 5.74) is -1.06. The van der Waals surface area contributed by atoms with Gasteiger partial charge in [-0.1, -0.05) is 51.3 Å². The molecule has 0 aromatic heterocycles. The number of amides is 4. The summed E-state index contributed by atoms with van der Waals surface area (Å²) < 4.78 is 46.2. The second-order valence-electron chi connectivity index (χ2n) is 7.72. The lowest BCUT2D eigenvalue weighted by molar-refractivity contribution is -0.137. The van der Waals surface area contributed by atoms with Crippen molar-refractivity contribution < 1.29 is 32.3 Å². The van der Waals surface area contributed by atoms with Crippen molar-refractivity contribution in [2.45, 2.75) is 12.8 Å². The molecule has 0 unspecified atom stereocenters. The summed E-state index contributed by atoms with van der Waals surface area (Å²) in [4.78, 5) is 38.7. The zero-order chi connectivity index (χ0) is 26.9. The first kappa shape index (κ1) is 26.7. The third kappa shape index (κ3) is 5.98. The summed E-state index contributed by atoms with van der Waals surface area (Å²) in [6.45, 7) is 0.138. The van der Waals surface area contributed by atoms with E-state index in [4.69, 9.17) is 27.9 Å². The number of hydrogen-bond donors (Lipinski definition) is 1. The summed E-state index contributed by atoms with van der Waals surface area (Å²) >= 11 is 15.2. The van der Waals surface area contributed by atoms with Crippen molar-refractivity contribution in [3.05, 3.63) is 97.4 Å². The van der Waals surface area contributed by atoms with Gasteiger partial charge in [0.25, 0.3) is 11.8 Å². The number of ether oxygens (including phenoxy) is 1. The fourth-order valence-corrected chi connectivity index (χ4v) is 4.10. The molecule has 0 aliphatic carbocycles. The molecule has 190 valence electrons. The van der Waals surface area contributed by atoms with Crippen LogP contribution >= 0.6 is 39.1 Å². The molecule has 0 radical (unpaired) electrons. The van der Waals surface area contributed by atoms with Gasteiger partial charge in [-0.2, -0.15) is 13.2 Å². The summed E-state index contributed by atoms with van der Waals surface area (Å²) in [6.07, 6.45) is -3.57. The standard InChI is InChI=1S/C25H14BrCl2F3N2O4/c26-16-4-8-21(37-12-13-1-5-17(27)6-2-13)14(9-16)10-18-22(34)32-24(36)33(23(18)35)20-11-15(25(29,30)31)3-7-19(20)28/h1-11H,12H2,(H,32,34,36)/b18-10-. The Hall–Kier alpha value is -3.34. The molecule has 0 bridgehead atoms. The molecule has 6 nitrogen and oxygen atoms in total. The summed E-state index contributed by atoms with van der Waals surface area (Å²) in [5.74, 6) is -1.89. The quantitative estimate of drug-likeness (QED) is 0.248. The lowest BCUT2D eigenvalue weighted by atomic mass is 10.1. The van der Waals surface area contributed by atoms with Crippen molar-refractivity contribution in [1.29, 1.82) is 0 Å². The maximum absolute atomic E-state index is 13.2. The smallest absolute Gasteiger partial charge is 0.416 e. The van der Waals surface area contributed by atoms with Crippen LogP contribution in [0.5, 0.6) is 5.75 Å². The van der Waals surface area contributed by atoms with E-state index in [9.17, 15) is 27.6 Å². The number of benzene rings is 3. The molecule has 1 aliphatic heterocycles. The van der Waals surface area contributed by atoms with Gasteiger partial charge in [0.2, 0.25) is 0 Å². The van der Waals surface area contributed by atoms with Crippen molar-refractivity contribution in [3.63, 3.8) is 0 Å². The molecule has 4 rings (SSSR count). The fourth-order valence-electron chi connectivity index (χ4n) is 3.40. The average Bonchev–Trinajstić information content (AvgIpc) is 2.82. The third-order valence-electron chi connectivity index (χ3n) is 5.20. The van der Waals surface area contributed by atoms with Crippen molar-refractivity contribution in [2.75, 3.05) is 4.90 Å². The van der Waals surface area contributed by atoms with Gasteiger partial charge >= 0.3 is 12.2 Å². The highest BCUT2D eigenvalue weighted by molar-refractivity contribution is 9.10. The Labute approximate surface area is 226 Å². The van der Waals surface area contributed by atoms with E-state index in [0.717, 1.165) is 11.6 Å². The number of hydrogen-bond acceptors (Lipinski definition) is 4. The third-order valence-corrected chi connectivity index (χ3v) is 6.26. The van der Waals surface area contributed by atoms with E-state index >= 15 is 0 Å². The Morgan fingerprint density at radius 1 is 0.973 bits per heavy atom. The first-order chi connectivity index (χ1) is 17.4. The Balaban J connectivity index is 1.71. The molecular weight excluding hydrogens is 600 g/mol. The van der Waals surface area contributed by atoms with Crippen LogP contribution in [-0.2, 0) is 22.4 Å². The minimum Gasteiger partial charge on any atom is -0.488 e. The fraction of sp³-hybridized carbons (Fsp3) is 0.0800. The van der Waals surface area contributed by atoms with E-state index in [1.165, 1.54) is 6.08 Å². The summed E-state index contributed by atoms with van der Waals surface area (Å²) in [7, 11) is 0. The minimum atomic E-state index is -4.75. The molecule has 1 saturated heterocycles. The molecule has 1 heterocycles. The Kier molecular flexibility index (Phi) is 7.63. The second kappa shape index (κ2) is 10.6. The number of imide groups is 2. The van der Waals surface area contributed by atoms with E-state index in [0.29, 0.717) is 37.8 Å². The van der Waals surface area contributed by atoms with Gasteiger partial charge in [-0.15, -0.1) is 0 Å². The largest absolute Gasteiger partial charge is 0.488 e. The van der Waals surface area contributed by atoms with Gasteiger partial charge in [-0.3, -0.25) is 14.9 Å². The highest BCUT2D eigenvalue weighted by Crippen LogP contribution is 2.37. The number of alkyl halides is 3. The van der Waals surface area contributed by atoms with Gasteiger partial charge in [0, 0.05) is 15.1 Å². The molecule has 3 aromatic carbocycles. The number of nitrogens with zero attached hydrogens (tertiary/aromatic N) is 1. The second-order valence-corrected chi connectivity index (χ2v) is 9.48. The average molecular weight is 614 g/mol. The van der Waals surface area contributed by atoms with Crippen LogP contribution in [0.3, 0.4) is 0 Å². The maximum Gasteiger partial charge on any atom is 0.416 e. The summed E-state index contributed by atoms with van der Waals surface area (Å²) in [6, 6.07) is 12.7. The highest BCUT2D eigenvalue weighted by atomic mass is 79.9. The van der Waals surface area contributed by atoms with Gasteiger partial charge in [-0.25, -0.2) is 9.69 Å². The number of barbiturate groups is 1. The van der Waals surface area contributed by atoms with E-state index in [1.807, 2.05) is 5.32 Å². The SMILES string of the molecule is O=C1NC(=O)N(c2cc(C(F)(F)F)ccc2Cl)C(=O)/C1=C\c1cc(Br)ccc1OCc1ccc(Cl)cc1. The molecule has 0 atom stereocenters. The molecule has 0 spiro atoms. The van der Waals surface area contributed by atoms with Gasteiger partial charge in [0.05, 0.1) is 16.3 Å². The molecule has 1 aliphatic rings. The van der Waals surface area contributed by atoms with Crippen LogP contribution in [0.4, 0.5) is 23.7 Å². The topological polar surface area (TPSA) is 75.7 Å². The van der Waals surface area contributed by atoms with Crippen LogP contribution in [0.25, 0.3) is 6.08 Å². The normalized spacial score (nSPS) is 15.2. The van der Waals surface area contributed by atoms with Crippen LogP contribution in [0, 0.1) is 0 Å². The first-order valence-corrected chi connectivity index (χ1v) is 11.9. The molecule has 0 saturated carbocycles. The minimum absolute atomic E-state index is 0.138. The van der Waals surface area contributed by atoms with Gasteiger partial charge in [0.1, 0.15) is 17.9 Å². The van der Waals surface area contributed by atoms with Crippen LogP contribution in [-0.4, -0.2) is 17.8 Å². The molecule has 1 fully saturated rings. The number of nitrogens with one attached hydrogen (secondary N) is 1. The highest BCUT2D eigenvalue weighted by Gasteiger charge is 2.39. The maximum atomic E-state index is 13.2. The van der Waals surface area contributed by atoms with Crippen LogP contribution < -0.4 is 15.0 Å². The molecule has 3 aromatic rings. The van der Waals surface area contributed by atoms with E-state index in [2.05, 4.69) is 15.9 Å². The number of carbonyl (C=O) groups is 3. The predicted octanol–water partition coefficient (Wildman–Crippen LogP) is 7.02. The van der Waals surface area contributed by atoms with Gasteiger partial charge in [-0.05, 0) is 60.2 Å². The van der Waals surface area contributed by atoms with Crippen LogP contribution in [0.1, 0.15) is 16.7 Å². The molecule has 4 amide bonds. The van der Waals surface area contributed by atoms with E-state index in [-0.39, 0.29) is 11.6 Å². The van der Waals surface area contributed by atoms with Crippen LogP contribution in [0.2, 0.25) is 10.0 Å². The van der Waals surface area contributed by atoms with Crippen molar-refractivity contribution >= 4 is 68.7 Å². The number of urea groups is 1. The number of rotatable bonds is 5. The van der Waals surface area contributed by atoms with Crippen molar-refractivity contribution in [3.8, 4) is 5.75 Å². The molecule has 37 heavy (non-hydrogen) atoms. The van der Waals surface area contributed by atoms with Crippen molar-refractivity contribution in [2.24, 2.45) is 0 Å². The molecular formula is C25H14BrCl2F3N2O4. The lowest BCUT2D eigenvalue weighted by Crippen LogP contribution is -2.54. The zero-order valence-corrected chi connectivity index (χ0v) is 21.5. The van der Waals surface area contributed by atoms with Gasteiger partial charge in [0.15, 0.2) is 0 Å². The van der Waals surface area contributed by atoms with E-state index in [1.54, 1.807) is 42.5 Å². The Bertz CT molecular complexity index is 1440. The molecule has 1 N–H and O–H groups in total. The lowest BCUT2D eigenvalue weighted by Gasteiger charge is -2.27. The monoisotopic (exact) mass is 612 g/mol. The zero-order valence-electron chi connectivity index (χ0n) is 18.4.